The Morgan fingerprint density at radius 3 is 2.33 bits per heavy atom. The van der Waals surface area contributed by atoms with Crippen LogP contribution in [0.25, 0.3) is 11.0 Å². The molecule has 1 aliphatic rings. The summed E-state index contributed by atoms with van der Waals surface area (Å²) in [7, 11) is 0. The van der Waals surface area contributed by atoms with Crippen molar-refractivity contribution in [2.45, 2.75) is 46.3 Å². The number of aromatic nitrogens is 2. The monoisotopic (exact) mass is 545 g/mol. The van der Waals surface area contributed by atoms with Gasteiger partial charge in [-0.15, -0.1) is 0 Å². The SMILES string of the molecule is CC(C)n1c(N2CCN(C(=O)OC(C)(C)C)CC2)nc2c([N+](=O)[O-])c(Br)c(Br)cc21. The third-order valence-corrected chi connectivity index (χ3v) is 6.71. The van der Waals surface area contributed by atoms with Gasteiger partial charge >= 0.3 is 11.8 Å². The molecule has 1 aliphatic heterocycles. The molecule has 9 nitrogen and oxygen atoms in total. The van der Waals surface area contributed by atoms with Crippen molar-refractivity contribution in [1.29, 1.82) is 0 Å². The van der Waals surface area contributed by atoms with Crippen LogP contribution in [0, 0.1) is 10.1 Å². The predicted octanol–water partition coefficient (Wildman–Crippen LogP) is 5.11. The van der Waals surface area contributed by atoms with Crippen molar-refractivity contribution in [2.75, 3.05) is 31.1 Å². The van der Waals surface area contributed by atoms with Gasteiger partial charge in [-0.2, -0.15) is 0 Å². The van der Waals surface area contributed by atoms with Gasteiger partial charge in [0.15, 0.2) is 5.52 Å². The van der Waals surface area contributed by atoms with Gasteiger partial charge in [-0.3, -0.25) is 10.1 Å². The largest absolute Gasteiger partial charge is 0.444 e. The number of ether oxygens (including phenoxy) is 1. The number of amides is 1. The van der Waals surface area contributed by atoms with Crippen molar-refractivity contribution < 1.29 is 14.5 Å². The van der Waals surface area contributed by atoms with Crippen LogP contribution in [0.15, 0.2) is 15.0 Å². The summed E-state index contributed by atoms with van der Waals surface area (Å²) in [5.74, 6) is 0.664. The highest BCUT2D eigenvalue weighted by molar-refractivity contribution is 9.13. The molecule has 0 aliphatic carbocycles. The number of hydrogen-bond donors (Lipinski definition) is 0. The van der Waals surface area contributed by atoms with Crippen molar-refractivity contribution in [2.24, 2.45) is 0 Å². The third-order valence-electron chi connectivity index (χ3n) is 4.75. The minimum Gasteiger partial charge on any atom is -0.444 e. The molecule has 30 heavy (non-hydrogen) atoms. The van der Waals surface area contributed by atoms with Crippen LogP contribution in [0.3, 0.4) is 0 Å². The van der Waals surface area contributed by atoms with E-state index >= 15 is 0 Å². The highest BCUT2D eigenvalue weighted by atomic mass is 79.9. The number of nitrogens with zero attached hydrogens (tertiary/aromatic N) is 5. The smallest absolute Gasteiger partial charge is 0.410 e. The van der Waals surface area contributed by atoms with E-state index in [1.54, 1.807) is 4.90 Å². The van der Waals surface area contributed by atoms with E-state index in [9.17, 15) is 14.9 Å². The summed E-state index contributed by atoms with van der Waals surface area (Å²) in [5, 5.41) is 11.7. The molecule has 0 N–H and O–H groups in total. The fourth-order valence-electron chi connectivity index (χ4n) is 3.46. The van der Waals surface area contributed by atoms with Gasteiger partial charge in [0, 0.05) is 36.7 Å². The van der Waals surface area contributed by atoms with Crippen LogP contribution in [-0.4, -0.2) is 57.2 Å². The van der Waals surface area contributed by atoms with Gasteiger partial charge in [-0.05, 0) is 72.5 Å². The maximum atomic E-state index is 12.3. The van der Waals surface area contributed by atoms with E-state index in [0.717, 1.165) is 0 Å². The standard InChI is InChI=1S/C19H25Br2N5O4/c1-11(2)25-13-10-12(20)14(21)16(26(28)29)15(13)22-17(25)23-6-8-24(9-7-23)18(27)30-19(3,4)5/h10-11H,6-9H2,1-5H3. The zero-order valence-electron chi connectivity index (χ0n) is 17.6. The second kappa shape index (κ2) is 8.33. The molecule has 1 aromatic heterocycles. The van der Waals surface area contributed by atoms with Gasteiger partial charge in [0.05, 0.1) is 10.4 Å². The minimum absolute atomic E-state index is 0.0431. The fraction of sp³-hybridized carbons (Fsp3) is 0.579. The Morgan fingerprint density at radius 1 is 1.23 bits per heavy atom. The molecule has 0 atom stereocenters. The number of carbonyl (C=O) groups excluding carboxylic acids is 1. The van der Waals surface area contributed by atoms with Crippen LogP contribution in [0.2, 0.25) is 0 Å². The van der Waals surface area contributed by atoms with E-state index in [0.29, 0.717) is 52.1 Å². The van der Waals surface area contributed by atoms with Gasteiger partial charge in [0.2, 0.25) is 5.95 Å². The van der Waals surface area contributed by atoms with E-state index in [1.807, 2.05) is 45.3 Å². The fourth-order valence-corrected chi connectivity index (χ4v) is 4.31. The van der Waals surface area contributed by atoms with Crippen LogP contribution in [0.1, 0.15) is 40.7 Å². The average Bonchev–Trinajstić information content (AvgIpc) is 2.99. The normalized spacial score (nSPS) is 15.2. The molecule has 2 heterocycles. The quantitative estimate of drug-likeness (QED) is 0.392. The minimum atomic E-state index is -0.542. The van der Waals surface area contributed by atoms with Crippen LogP contribution < -0.4 is 4.90 Å². The summed E-state index contributed by atoms with van der Waals surface area (Å²) in [4.78, 5) is 32.1. The van der Waals surface area contributed by atoms with Crippen molar-refractivity contribution in [3.05, 3.63) is 25.1 Å². The van der Waals surface area contributed by atoms with Crippen molar-refractivity contribution in [3.8, 4) is 0 Å². The first-order valence-corrected chi connectivity index (χ1v) is 11.3. The molecule has 3 rings (SSSR count). The lowest BCUT2D eigenvalue weighted by atomic mass is 10.2. The highest BCUT2D eigenvalue weighted by Gasteiger charge is 2.31. The average molecular weight is 547 g/mol. The number of halogens is 2. The first-order chi connectivity index (χ1) is 13.9. The van der Waals surface area contributed by atoms with Crippen molar-refractivity contribution >= 4 is 60.6 Å². The molecule has 1 aromatic carbocycles. The van der Waals surface area contributed by atoms with E-state index in [1.165, 1.54) is 0 Å². The summed E-state index contributed by atoms with van der Waals surface area (Å²) < 4.78 is 8.43. The number of rotatable bonds is 3. The van der Waals surface area contributed by atoms with E-state index in [2.05, 4.69) is 41.7 Å². The van der Waals surface area contributed by atoms with Crippen LogP contribution >= 0.6 is 31.9 Å². The van der Waals surface area contributed by atoms with Gasteiger partial charge in [-0.25, -0.2) is 9.78 Å². The maximum Gasteiger partial charge on any atom is 0.410 e. The summed E-state index contributed by atoms with van der Waals surface area (Å²) in [6, 6.07) is 1.89. The van der Waals surface area contributed by atoms with E-state index < -0.39 is 10.5 Å². The predicted molar refractivity (Wildman–Crippen MR) is 122 cm³/mol. The first kappa shape index (κ1) is 22.8. The second-order valence-corrected chi connectivity index (χ2v) is 10.1. The molecule has 0 unspecified atom stereocenters. The summed E-state index contributed by atoms with van der Waals surface area (Å²) in [6.07, 6.45) is -0.331. The number of hydrogen-bond acceptors (Lipinski definition) is 6. The highest BCUT2D eigenvalue weighted by Crippen LogP contribution is 2.41. The van der Waals surface area contributed by atoms with Crippen LogP contribution in [-0.2, 0) is 4.74 Å². The molecule has 0 radical (unpaired) electrons. The molecular weight excluding hydrogens is 522 g/mol. The van der Waals surface area contributed by atoms with Gasteiger partial charge in [0.1, 0.15) is 10.1 Å². The number of carbonyl (C=O) groups is 1. The zero-order chi connectivity index (χ0) is 22.4. The van der Waals surface area contributed by atoms with E-state index in [4.69, 9.17) is 4.74 Å². The second-order valence-electron chi connectivity index (χ2n) is 8.48. The van der Waals surface area contributed by atoms with Gasteiger partial charge in [0.25, 0.3) is 0 Å². The Labute approximate surface area is 191 Å². The Morgan fingerprint density at radius 2 is 1.83 bits per heavy atom. The molecule has 1 saturated heterocycles. The lowest BCUT2D eigenvalue weighted by Gasteiger charge is -2.36. The number of nitro groups is 1. The molecular formula is C19H25Br2N5O4. The molecule has 0 saturated carbocycles. The Bertz CT molecular complexity index is 991. The number of fused-ring (bicyclic) bond motifs is 1. The Balaban J connectivity index is 1.95. The molecule has 0 spiro atoms. The summed E-state index contributed by atoms with van der Waals surface area (Å²) >= 11 is 6.71. The lowest BCUT2D eigenvalue weighted by Crippen LogP contribution is -2.50. The number of anilines is 1. The van der Waals surface area contributed by atoms with Gasteiger partial charge < -0.3 is 19.1 Å². The summed E-state index contributed by atoms with van der Waals surface area (Å²) in [6.45, 7) is 11.7. The number of nitro benzene ring substituents is 1. The molecule has 11 heteroatoms. The number of imidazole rings is 1. The topological polar surface area (TPSA) is 93.7 Å². The van der Waals surface area contributed by atoms with Crippen molar-refractivity contribution in [3.63, 3.8) is 0 Å². The zero-order valence-corrected chi connectivity index (χ0v) is 20.8. The molecule has 0 bridgehead atoms. The van der Waals surface area contributed by atoms with Crippen LogP contribution in [0.5, 0.6) is 0 Å². The maximum absolute atomic E-state index is 12.3. The van der Waals surface area contributed by atoms with Crippen LogP contribution in [0.4, 0.5) is 16.4 Å². The Kier molecular flexibility index (Phi) is 6.33. The molecule has 1 amide bonds. The first-order valence-electron chi connectivity index (χ1n) is 9.68. The van der Waals surface area contributed by atoms with E-state index in [-0.39, 0.29) is 17.8 Å². The molecule has 164 valence electrons. The number of piperazine rings is 1. The number of benzene rings is 1. The molecule has 1 fully saturated rings. The van der Waals surface area contributed by atoms with Gasteiger partial charge in [-0.1, -0.05) is 0 Å². The molecule has 2 aromatic rings. The lowest BCUT2D eigenvalue weighted by molar-refractivity contribution is -0.384. The Hall–Kier alpha value is -1.88. The van der Waals surface area contributed by atoms with Crippen molar-refractivity contribution in [1.82, 2.24) is 14.5 Å². The summed E-state index contributed by atoms with van der Waals surface area (Å²) in [5.41, 5.74) is 0.427. The third kappa shape index (κ3) is 4.41.